The van der Waals surface area contributed by atoms with Crippen LogP contribution in [0.3, 0.4) is 0 Å². The Bertz CT molecular complexity index is 1220. The second-order valence-electron chi connectivity index (χ2n) is 6.66. The van der Waals surface area contributed by atoms with Gasteiger partial charge in [-0.2, -0.15) is 0 Å². The van der Waals surface area contributed by atoms with Crippen molar-refractivity contribution in [2.24, 2.45) is 0 Å². The van der Waals surface area contributed by atoms with Gasteiger partial charge >= 0.3 is 0 Å². The molecule has 2 N–H and O–H groups in total. The second kappa shape index (κ2) is 8.58. The average Bonchev–Trinajstić information content (AvgIpc) is 3.26. The third-order valence-corrected chi connectivity index (χ3v) is 5.99. The zero-order valence-corrected chi connectivity index (χ0v) is 17.0. The molecule has 0 radical (unpaired) electrons. The van der Waals surface area contributed by atoms with Crippen LogP contribution in [0.2, 0.25) is 0 Å². The van der Waals surface area contributed by atoms with Crippen LogP contribution in [0.25, 0.3) is 0 Å². The maximum absolute atomic E-state index is 12.5. The molecule has 1 aliphatic rings. The summed E-state index contributed by atoms with van der Waals surface area (Å²) in [5, 5.41) is 2.70. The Morgan fingerprint density at radius 1 is 0.839 bits per heavy atom. The van der Waals surface area contributed by atoms with Gasteiger partial charge in [-0.1, -0.05) is 30.3 Å². The molecule has 0 atom stereocenters. The number of Topliss-reactive ketones (excluding diaryl/α,β-unsaturated/α-hetero) is 1. The van der Waals surface area contributed by atoms with Crippen LogP contribution in [0.5, 0.6) is 11.5 Å². The third-order valence-electron chi connectivity index (χ3n) is 4.58. The first-order valence-electron chi connectivity index (χ1n) is 9.31. The van der Waals surface area contributed by atoms with Crippen molar-refractivity contribution in [3.05, 3.63) is 83.9 Å². The quantitative estimate of drug-likeness (QED) is 0.549. The largest absolute Gasteiger partial charge is 0.454 e. The van der Waals surface area contributed by atoms with E-state index in [1.165, 1.54) is 24.3 Å². The first kappa shape index (κ1) is 20.6. The third kappa shape index (κ3) is 4.73. The summed E-state index contributed by atoms with van der Waals surface area (Å²) in [7, 11) is -3.88. The zero-order chi connectivity index (χ0) is 21.8. The molecule has 158 valence electrons. The number of nitrogens with one attached hydrogen (secondary N) is 2. The van der Waals surface area contributed by atoms with Gasteiger partial charge in [0.1, 0.15) is 0 Å². The van der Waals surface area contributed by atoms with Crippen LogP contribution >= 0.6 is 0 Å². The number of benzene rings is 3. The number of amides is 1. The van der Waals surface area contributed by atoms with Gasteiger partial charge in [0.15, 0.2) is 17.3 Å². The summed E-state index contributed by atoms with van der Waals surface area (Å²) in [6.45, 7) is -0.240. The van der Waals surface area contributed by atoms with Gasteiger partial charge in [-0.15, -0.1) is 0 Å². The lowest BCUT2D eigenvalue weighted by atomic mass is 10.1. The monoisotopic (exact) mass is 438 g/mol. The second-order valence-corrected chi connectivity index (χ2v) is 8.43. The number of ether oxygens (including phenoxy) is 2. The molecule has 0 aliphatic carbocycles. The lowest BCUT2D eigenvalue weighted by molar-refractivity contribution is 0.0994. The van der Waals surface area contributed by atoms with Crippen molar-refractivity contribution < 1.29 is 27.5 Å². The number of rotatable bonds is 7. The van der Waals surface area contributed by atoms with Crippen molar-refractivity contribution in [2.75, 3.05) is 18.7 Å². The zero-order valence-electron chi connectivity index (χ0n) is 16.2. The number of carbonyl (C=O) groups excluding carboxylic acids is 2. The summed E-state index contributed by atoms with van der Waals surface area (Å²) < 4.78 is 37.7. The normalized spacial score (nSPS) is 12.4. The Labute approximate surface area is 178 Å². The molecule has 8 nitrogen and oxygen atoms in total. The van der Waals surface area contributed by atoms with E-state index in [1.807, 2.05) is 0 Å². The summed E-state index contributed by atoms with van der Waals surface area (Å²) in [6, 6.07) is 18.9. The fourth-order valence-corrected chi connectivity index (χ4v) is 3.91. The number of sulfonamides is 1. The van der Waals surface area contributed by atoms with Gasteiger partial charge in [0, 0.05) is 16.8 Å². The molecule has 1 heterocycles. The van der Waals surface area contributed by atoms with Gasteiger partial charge in [0.05, 0.1) is 11.4 Å². The minimum Gasteiger partial charge on any atom is -0.454 e. The predicted octanol–water partition coefficient (Wildman–Crippen LogP) is 2.83. The van der Waals surface area contributed by atoms with E-state index in [4.69, 9.17) is 9.47 Å². The molecule has 1 aliphatic heterocycles. The van der Waals surface area contributed by atoms with Crippen LogP contribution in [0.4, 0.5) is 5.69 Å². The van der Waals surface area contributed by atoms with E-state index in [0.717, 1.165) is 0 Å². The molecule has 0 spiro atoms. The van der Waals surface area contributed by atoms with E-state index < -0.39 is 10.0 Å². The van der Waals surface area contributed by atoms with E-state index >= 15 is 0 Å². The Morgan fingerprint density at radius 3 is 2.29 bits per heavy atom. The van der Waals surface area contributed by atoms with Crippen LogP contribution in [0, 0.1) is 0 Å². The average molecular weight is 438 g/mol. The molecule has 0 fully saturated rings. The molecular weight excluding hydrogens is 420 g/mol. The van der Waals surface area contributed by atoms with Crippen LogP contribution in [0.1, 0.15) is 20.7 Å². The van der Waals surface area contributed by atoms with Crippen molar-refractivity contribution in [1.29, 1.82) is 0 Å². The Kier molecular flexibility index (Phi) is 5.70. The molecule has 9 heteroatoms. The minimum absolute atomic E-state index is 0.0190. The number of hydrogen-bond acceptors (Lipinski definition) is 6. The van der Waals surface area contributed by atoms with Gasteiger partial charge in [-0.05, 0) is 42.5 Å². The van der Waals surface area contributed by atoms with E-state index in [-0.39, 0.29) is 29.9 Å². The maximum atomic E-state index is 12.5. The summed E-state index contributed by atoms with van der Waals surface area (Å²) in [5.74, 6) is 0.354. The minimum atomic E-state index is -3.88. The highest BCUT2D eigenvalue weighted by molar-refractivity contribution is 7.89. The molecule has 0 saturated carbocycles. The molecule has 3 aromatic rings. The van der Waals surface area contributed by atoms with Crippen molar-refractivity contribution in [1.82, 2.24) is 4.72 Å². The van der Waals surface area contributed by atoms with Crippen LogP contribution in [-0.4, -0.2) is 33.4 Å². The van der Waals surface area contributed by atoms with E-state index in [1.54, 1.807) is 48.5 Å². The summed E-state index contributed by atoms with van der Waals surface area (Å²) in [5.41, 5.74) is 1.22. The van der Waals surface area contributed by atoms with Gasteiger partial charge in [-0.25, -0.2) is 13.1 Å². The van der Waals surface area contributed by atoms with Crippen molar-refractivity contribution in [3.8, 4) is 11.5 Å². The summed E-state index contributed by atoms with van der Waals surface area (Å²) in [6.07, 6.45) is 0. The maximum Gasteiger partial charge on any atom is 0.255 e. The van der Waals surface area contributed by atoms with Crippen molar-refractivity contribution >= 4 is 27.4 Å². The molecule has 0 saturated heterocycles. The first-order valence-corrected chi connectivity index (χ1v) is 10.8. The molecule has 31 heavy (non-hydrogen) atoms. The van der Waals surface area contributed by atoms with Gasteiger partial charge < -0.3 is 14.8 Å². The van der Waals surface area contributed by atoms with Gasteiger partial charge in [0.25, 0.3) is 5.91 Å². The van der Waals surface area contributed by atoms with Crippen LogP contribution in [-0.2, 0) is 10.0 Å². The highest BCUT2D eigenvalue weighted by Gasteiger charge is 2.18. The van der Waals surface area contributed by atoms with Crippen molar-refractivity contribution in [2.45, 2.75) is 4.90 Å². The number of anilines is 1. The number of hydrogen-bond donors (Lipinski definition) is 2. The smallest absolute Gasteiger partial charge is 0.255 e. The SMILES string of the molecule is O=C(CNS(=O)(=O)c1ccc(NC(=O)c2ccc3c(c2)OCO3)cc1)c1ccccc1. The molecule has 0 unspecified atom stereocenters. The molecule has 0 bridgehead atoms. The summed E-state index contributed by atoms with van der Waals surface area (Å²) in [4.78, 5) is 24.5. The fourth-order valence-electron chi connectivity index (χ4n) is 2.93. The van der Waals surface area contributed by atoms with Gasteiger partial charge in [-0.3, -0.25) is 9.59 Å². The Balaban J connectivity index is 1.39. The number of ketones is 1. The first-order chi connectivity index (χ1) is 14.9. The highest BCUT2D eigenvalue weighted by Crippen LogP contribution is 2.32. The van der Waals surface area contributed by atoms with Crippen LogP contribution < -0.4 is 19.5 Å². The molecular formula is C22H18N2O6S. The van der Waals surface area contributed by atoms with E-state index in [9.17, 15) is 18.0 Å². The Hall–Kier alpha value is -3.69. The molecule has 4 rings (SSSR count). The number of fused-ring (bicyclic) bond motifs is 1. The highest BCUT2D eigenvalue weighted by atomic mass is 32.2. The lowest BCUT2D eigenvalue weighted by Crippen LogP contribution is -2.29. The molecule has 3 aromatic carbocycles. The van der Waals surface area contributed by atoms with E-state index in [0.29, 0.717) is 28.3 Å². The number of carbonyl (C=O) groups is 2. The lowest BCUT2D eigenvalue weighted by Gasteiger charge is -2.09. The fraction of sp³-hybridized carbons (Fsp3) is 0.0909. The van der Waals surface area contributed by atoms with Crippen LogP contribution in [0.15, 0.2) is 77.7 Å². The standard InChI is InChI=1S/C22H18N2O6S/c25-19(15-4-2-1-3-5-15)13-23-31(27,28)18-9-7-17(8-10-18)24-22(26)16-6-11-20-21(12-16)30-14-29-20/h1-12,23H,13-14H2,(H,24,26). The topological polar surface area (TPSA) is 111 Å². The molecule has 1 amide bonds. The predicted molar refractivity (Wildman–Crippen MR) is 113 cm³/mol. The van der Waals surface area contributed by atoms with E-state index in [2.05, 4.69) is 10.0 Å². The van der Waals surface area contributed by atoms with Gasteiger partial charge in [0.2, 0.25) is 16.8 Å². The summed E-state index contributed by atoms with van der Waals surface area (Å²) >= 11 is 0. The molecule has 0 aromatic heterocycles. The Morgan fingerprint density at radius 2 is 1.55 bits per heavy atom. The van der Waals surface area contributed by atoms with Crippen molar-refractivity contribution in [3.63, 3.8) is 0 Å².